The van der Waals surface area contributed by atoms with Gasteiger partial charge in [0.1, 0.15) is 5.82 Å². The average molecular weight is 606 g/mol. The number of likely N-dealkylation sites (tertiary alicyclic amines) is 1. The zero-order chi connectivity index (χ0) is 28.5. The highest BCUT2D eigenvalue weighted by molar-refractivity contribution is 6.36. The van der Waals surface area contributed by atoms with Gasteiger partial charge in [0.2, 0.25) is 5.95 Å². The van der Waals surface area contributed by atoms with Gasteiger partial charge in [0, 0.05) is 58.3 Å². The number of carbonyl (C=O) groups excluding carboxylic acids is 1. The highest BCUT2D eigenvalue weighted by atomic mass is 35.5. The first-order chi connectivity index (χ1) is 19.9. The van der Waals surface area contributed by atoms with Crippen molar-refractivity contribution < 1.29 is 9.18 Å². The van der Waals surface area contributed by atoms with E-state index in [0.717, 1.165) is 42.7 Å². The average Bonchev–Trinajstić information content (AvgIpc) is 3.14. The summed E-state index contributed by atoms with van der Waals surface area (Å²) < 4.78 is 14.9. The molecule has 3 aromatic carbocycles. The smallest absolute Gasteiger partial charge is 0.253 e. The lowest BCUT2D eigenvalue weighted by molar-refractivity contribution is 0.0707. The summed E-state index contributed by atoms with van der Waals surface area (Å²) in [4.78, 5) is 28.9. The summed E-state index contributed by atoms with van der Waals surface area (Å²) in [6.07, 6.45) is 3.62. The summed E-state index contributed by atoms with van der Waals surface area (Å²) >= 11 is 12.8. The number of nitrogens with zero attached hydrogens (tertiary/aromatic N) is 4. The van der Waals surface area contributed by atoms with Crippen LogP contribution in [-0.2, 0) is 6.54 Å². The summed E-state index contributed by atoms with van der Waals surface area (Å²) in [5.41, 5.74) is 4.84. The number of benzene rings is 3. The minimum Gasteiger partial charge on any atom is -0.339 e. The lowest BCUT2D eigenvalue weighted by Gasteiger charge is -2.31. The molecule has 0 radical (unpaired) electrons. The Morgan fingerprint density at radius 1 is 1.02 bits per heavy atom. The van der Waals surface area contributed by atoms with Crippen molar-refractivity contribution in [3.63, 3.8) is 0 Å². The molecule has 1 aromatic heterocycles. The second-order valence-electron chi connectivity index (χ2n) is 10.1. The second kappa shape index (κ2) is 12.6. The van der Waals surface area contributed by atoms with Gasteiger partial charge in [-0.25, -0.2) is 14.4 Å². The van der Waals surface area contributed by atoms with Gasteiger partial charge in [-0.05, 0) is 68.4 Å². The Hall–Kier alpha value is -3.85. The first-order valence-corrected chi connectivity index (χ1v) is 14.2. The van der Waals surface area contributed by atoms with Crippen LogP contribution in [0.4, 0.5) is 16.0 Å². The van der Waals surface area contributed by atoms with Gasteiger partial charge in [-0.2, -0.15) is 0 Å². The van der Waals surface area contributed by atoms with Crippen molar-refractivity contribution in [1.29, 1.82) is 0 Å². The summed E-state index contributed by atoms with van der Waals surface area (Å²) in [5, 5.41) is 7.27. The lowest BCUT2D eigenvalue weighted by Crippen LogP contribution is -2.43. The van der Waals surface area contributed by atoms with Crippen LogP contribution in [0.15, 0.2) is 71.9 Å². The van der Waals surface area contributed by atoms with E-state index in [0.29, 0.717) is 39.5 Å². The maximum atomic E-state index is 14.9. The maximum Gasteiger partial charge on any atom is 0.253 e. The van der Waals surface area contributed by atoms with E-state index in [4.69, 9.17) is 33.2 Å². The highest BCUT2D eigenvalue weighted by Gasteiger charge is 2.25. The lowest BCUT2D eigenvalue weighted by atomic mass is 9.95. The van der Waals surface area contributed by atoms with E-state index in [1.54, 1.807) is 30.5 Å². The number of hydrogen-bond donors (Lipinski definition) is 2. The van der Waals surface area contributed by atoms with Crippen LogP contribution in [0.3, 0.4) is 0 Å². The van der Waals surface area contributed by atoms with Crippen molar-refractivity contribution in [2.24, 2.45) is 4.99 Å². The number of fused-ring (bicyclic) bond motifs is 3. The normalized spacial score (nSPS) is 14.7. The van der Waals surface area contributed by atoms with E-state index in [2.05, 4.69) is 15.6 Å². The first kappa shape index (κ1) is 29.6. The molecule has 7 nitrogen and oxygen atoms in total. The fourth-order valence-electron chi connectivity index (χ4n) is 5.30. The van der Waals surface area contributed by atoms with Crippen molar-refractivity contribution in [2.75, 3.05) is 25.5 Å². The van der Waals surface area contributed by atoms with Crippen LogP contribution < -0.4 is 10.6 Å². The third-order valence-electron chi connectivity index (χ3n) is 7.54. The van der Waals surface area contributed by atoms with Gasteiger partial charge in [-0.15, -0.1) is 0 Å². The Bertz CT molecular complexity index is 1630. The number of aliphatic imine (C=N–C) groups is 1. The molecule has 0 saturated carbocycles. The molecular weight excluding hydrogens is 574 g/mol. The number of hydrogen-bond acceptors (Lipinski definition) is 6. The molecule has 2 aliphatic heterocycles. The Morgan fingerprint density at radius 2 is 1.79 bits per heavy atom. The van der Waals surface area contributed by atoms with E-state index in [1.165, 1.54) is 6.07 Å². The summed E-state index contributed by atoms with van der Waals surface area (Å²) in [5.74, 6) is -0.0513. The summed E-state index contributed by atoms with van der Waals surface area (Å²) in [7, 11) is 1.96. The van der Waals surface area contributed by atoms with Gasteiger partial charge in [-0.3, -0.25) is 9.79 Å². The minimum atomic E-state index is -0.467. The molecule has 2 N–H and O–H groups in total. The predicted molar refractivity (Wildman–Crippen MR) is 168 cm³/mol. The molecule has 42 heavy (non-hydrogen) atoms. The number of piperidine rings is 1. The number of nitrogens with one attached hydrogen (secondary N) is 2. The molecule has 3 heterocycles. The van der Waals surface area contributed by atoms with Crippen LogP contribution in [0.5, 0.6) is 0 Å². The fraction of sp³-hybridized carbons (Fsp3) is 0.250. The van der Waals surface area contributed by atoms with Crippen LogP contribution in [0.2, 0.25) is 10.0 Å². The Kier molecular flexibility index (Phi) is 8.87. The van der Waals surface area contributed by atoms with Crippen molar-refractivity contribution in [3.05, 3.63) is 105 Å². The molecular formula is C32H31Cl2FN6O. The SMILES string of the molecule is C.CNC1CCN(C(=O)c2ccc(Nc3ncc4c(n3)-c3ccc(Cl)cc3C(c3c(F)cccc3Cl)=NC4)cc2)CC1. The Labute approximate surface area is 254 Å². The second-order valence-corrected chi connectivity index (χ2v) is 10.9. The number of aromatic nitrogens is 2. The molecule has 1 saturated heterocycles. The molecule has 1 amide bonds. The molecule has 4 aromatic rings. The molecule has 0 aliphatic carbocycles. The number of rotatable bonds is 5. The first-order valence-electron chi connectivity index (χ1n) is 13.4. The molecule has 1 fully saturated rings. The Morgan fingerprint density at radius 3 is 2.50 bits per heavy atom. The number of carbonyl (C=O) groups is 1. The van der Waals surface area contributed by atoms with Crippen molar-refractivity contribution in [1.82, 2.24) is 20.2 Å². The third-order valence-corrected chi connectivity index (χ3v) is 8.09. The van der Waals surface area contributed by atoms with E-state index < -0.39 is 5.82 Å². The van der Waals surface area contributed by atoms with Crippen LogP contribution >= 0.6 is 23.2 Å². The van der Waals surface area contributed by atoms with Gasteiger partial charge in [0.15, 0.2) is 0 Å². The number of amides is 1. The van der Waals surface area contributed by atoms with Crippen molar-refractivity contribution in [3.8, 4) is 11.3 Å². The van der Waals surface area contributed by atoms with Gasteiger partial charge in [0.05, 0.1) is 28.5 Å². The fourth-order valence-corrected chi connectivity index (χ4v) is 5.73. The zero-order valence-electron chi connectivity index (χ0n) is 22.3. The molecule has 0 atom stereocenters. The standard InChI is InChI=1S/C31H27Cl2FN6O.CH4/c1-35-21-11-13-40(14-12-21)30(41)18-5-8-22(9-6-18)38-31-37-17-19-16-36-29(27-25(33)3-2-4-26(27)34)24-15-20(32)7-10-23(24)28(19)39-31;/h2-10,15,17,21,35H,11-14,16H2,1H3,(H,37,38,39);1H4. The molecule has 0 unspecified atom stereocenters. The van der Waals surface area contributed by atoms with E-state index in [9.17, 15) is 9.18 Å². The largest absolute Gasteiger partial charge is 0.339 e. The minimum absolute atomic E-state index is 0. The summed E-state index contributed by atoms with van der Waals surface area (Å²) in [6.45, 7) is 1.73. The van der Waals surface area contributed by atoms with Crippen molar-refractivity contribution >= 4 is 46.5 Å². The van der Waals surface area contributed by atoms with Crippen molar-refractivity contribution in [2.45, 2.75) is 32.9 Å². The number of halogens is 3. The quantitative estimate of drug-likeness (QED) is 0.253. The van der Waals surface area contributed by atoms with Gasteiger partial charge in [0.25, 0.3) is 5.91 Å². The topological polar surface area (TPSA) is 82.5 Å². The van der Waals surface area contributed by atoms with Crippen LogP contribution in [0, 0.1) is 5.82 Å². The molecule has 216 valence electrons. The van der Waals surface area contributed by atoms with Crippen LogP contribution in [0.25, 0.3) is 11.3 Å². The molecule has 10 heteroatoms. The molecule has 6 rings (SSSR count). The van der Waals surface area contributed by atoms with Crippen LogP contribution in [-0.4, -0.2) is 52.7 Å². The summed E-state index contributed by atoms with van der Waals surface area (Å²) in [6, 6.07) is 17.7. The van der Waals surface area contributed by atoms with E-state index in [-0.39, 0.29) is 30.5 Å². The van der Waals surface area contributed by atoms with E-state index in [1.807, 2.05) is 42.3 Å². The predicted octanol–water partition coefficient (Wildman–Crippen LogP) is 7.14. The molecule has 0 bridgehead atoms. The van der Waals surface area contributed by atoms with Gasteiger partial charge in [-0.1, -0.05) is 42.8 Å². The van der Waals surface area contributed by atoms with E-state index >= 15 is 0 Å². The van der Waals surface area contributed by atoms with Gasteiger partial charge >= 0.3 is 0 Å². The zero-order valence-corrected chi connectivity index (χ0v) is 23.8. The maximum absolute atomic E-state index is 14.9. The Balaban J connectivity index is 0.00000353. The van der Waals surface area contributed by atoms with Crippen LogP contribution in [0.1, 0.15) is 47.3 Å². The highest BCUT2D eigenvalue weighted by Crippen LogP contribution is 2.35. The van der Waals surface area contributed by atoms with Gasteiger partial charge < -0.3 is 15.5 Å². The third kappa shape index (κ3) is 5.88. The monoisotopic (exact) mass is 604 g/mol. The molecule has 2 aliphatic rings. The molecule has 0 spiro atoms. The number of anilines is 2.